The molecular formula is C21H34ClN3O3. The van der Waals surface area contributed by atoms with Crippen molar-refractivity contribution >= 4 is 23.4 Å². The third-order valence-electron chi connectivity index (χ3n) is 7.25. The van der Waals surface area contributed by atoms with Crippen LogP contribution in [0.2, 0.25) is 0 Å². The summed E-state index contributed by atoms with van der Waals surface area (Å²) in [6.45, 7) is 7.16. The lowest BCUT2D eigenvalue weighted by Crippen LogP contribution is -2.70. The third kappa shape index (κ3) is 4.05. The highest BCUT2D eigenvalue weighted by atomic mass is 35.5. The number of piperidine rings is 1. The van der Waals surface area contributed by atoms with Crippen LogP contribution in [-0.2, 0) is 14.3 Å². The monoisotopic (exact) mass is 411 g/mol. The molecule has 3 saturated heterocycles. The van der Waals surface area contributed by atoms with Gasteiger partial charge in [-0.2, -0.15) is 0 Å². The van der Waals surface area contributed by atoms with E-state index in [1.807, 2.05) is 4.90 Å². The normalized spacial score (nSPS) is 40.5. The van der Waals surface area contributed by atoms with Crippen molar-refractivity contribution in [3.63, 3.8) is 0 Å². The zero-order valence-electron chi connectivity index (χ0n) is 17.1. The fourth-order valence-corrected chi connectivity index (χ4v) is 5.76. The molecule has 158 valence electrons. The van der Waals surface area contributed by atoms with Crippen LogP contribution in [0, 0.1) is 23.7 Å². The van der Waals surface area contributed by atoms with Crippen molar-refractivity contribution in [2.45, 2.75) is 63.5 Å². The van der Waals surface area contributed by atoms with Gasteiger partial charge in [-0.3, -0.25) is 14.9 Å². The van der Waals surface area contributed by atoms with Crippen molar-refractivity contribution < 1.29 is 14.3 Å². The summed E-state index contributed by atoms with van der Waals surface area (Å²) in [6, 6.07) is -0.364. The van der Waals surface area contributed by atoms with Crippen LogP contribution in [0.5, 0.6) is 0 Å². The first-order valence-corrected chi connectivity index (χ1v) is 11.4. The Morgan fingerprint density at radius 2 is 1.86 bits per heavy atom. The molecule has 4 rings (SSSR count). The lowest BCUT2D eigenvalue weighted by molar-refractivity contribution is -0.173. The van der Waals surface area contributed by atoms with Crippen LogP contribution in [0.25, 0.3) is 0 Å². The molecule has 3 unspecified atom stereocenters. The summed E-state index contributed by atoms with van der Waals surface area (Å²) in [7, 11) is 0. The number of hydrogen-bond acceptors (Lipinski definition) is 4. The highest BCUT2D eigenvalue weighted by Gasteiger charge is 2.49. The van der Waals surface area contributed by atoms with Gasteiger partial charge in [0.2, 0.25) is 11.8 Å². The molecule has 3 heterocycles. The van der Waals surface area contributed by atoms with Gasteiger partial charge >= 0.3 is 0 Å². The Morgan fingerprint density at radius 1 is 1.14 bits per heavy atom. The molecule has 0 radical (unpaired) electrons. The van der Waals surface area contributed by atoms with E-state index in [2.05, 4.69) is 19.2 Å². The van der Waals surface area contributed by atoms with Gasteiger partial charge in [0.25, 0.3) is 0 Å². The summed E-state index contributed by atoms with van der Waals surface area (Å²) in [4.78, 5) is 30.4. The molecule has 1 N–H and O–H groups in total. The van der Waals surface area contributed by atoms with Crippen molar-refractivity contribution in [1.82, 2.24) is 15.1 Å². The number of ether oxygens (including phenoxy) is 1. The standard InChI is InChI=1S/C21H34ClN3O3/c1-13-3-5-15(6-4-13)9-24-18(26)10-25(20-14(2)7-17(22)8-23-20)21(27)19(24)16-11-28-12-16/h13-17,19-20,23H,3-12H2,1-2H3/t13?,14?,15?,17?,19-,20?/m1/s1. The van der Waals surface area contributed by atoms with Gasteiger partial charge in [-0.25, -0.2) is 0 Å². The Kier molecular flexibility index (Phi) is 6.19. The Hall–Kier alpha value is -0.850. The Balaban J connectivity index is 1.49. The molecule has 1 aliphatic carbocycles. The van der Waals surface area contributed by atoms with Gasteiger partial charge in [-0.1, -0.05) is 26.7 Å². The molecule has 7 heteroatoms. The molecule has 0 bridgehead atoms. The Bertz CT molecular complexity index is 591. The Labute approximate surface area is 173 Å². The largest absolute Gasteiger partial charge is 0.380 e. The second-order valence-electron chi connectivity index (χ2n) is 9.54. The minimum Gasteiger partial charge on any atom is -0.380 e. The van der Waals surface area contributed by atoms with E-state index in [0.29, 0.717) is 25.7 Å². The maximum atomic E-state index is 13.5. The zero-order valence-corrected chi connectivity index (χ0v) is 17.9. The molecule has 0 aromatic heterocycles. The highest BCUT2D eigenvalue weighted by Crippen LogP contribution is 2.33. The number of hydrogen-bond donors (Lipinski definition) is 1. The van der Waals surface area contributed by atoms with Crippen molar-refractivity contribution in [3.05, 3.63) is 0 Å². The smallest absolute Gasteiger partial charge is 0.247 e. The van der Waals surface area contributed by atoms with Crippen molar-refractivity contribution in [2.75, 3.05) is 32.8 Å². The van der Waals surface area contributed by atoms with Gasteiger partial charge in [0.1, 0.15) is 12.6 Å². The number of nitrogens with zero attached hydrogens (tertiary/aromatic N) is 2. The van der Waals surface area contributed by atoms with E-state index in [1.165, 1.54) is 12.8 Å². The van der Waals surface area contributed by atoms with E-state index in [9.17, 15) is 9.59 Å². The van der Waals surface area contributed by atoms with E-state index >= 15 is 0 Å². The van der Waals surface area contributed by atoms with Gasteiger partial charge in [0.15, 0.2) is 0 Å². The van der Waals surface area contributed by atoms with Crippen molar-refractivity contribution in [2.24, 2.45) is 23.7 Å². The molecule has 4 atom stereocenters. The molecule has 0 aromatic rings. The molecule has 4 aliphatic rings. The lowest BCUT2D eigenvalue weighted by atomic mass is 9.82. The zero-order chi connectivity index (χ0) is 19.8. The van der Waals surface area contributed by atoms with Crippen LogP contribution < -0.4 is 5.32 Å². The molecule has 6 nitrogen and oxygen atoms in total. The summed E-state index contributed by atoms with van der Waals surface area (Å²) in [5, 5.41) is 3.49. The number of amides is 2. The van der Waals surface area contributed by atoms with Gasteiger partial charge < -0.3 is 14.5 Å². The summed E-state index contributed by atoms with van der Waals surface area (Å²) in [5.41, 5.74) is 0. The predicted octanol–water partition coefficient (Wildman–Crippen LogP) is 2.06. The second kappa shape index (κ2) is 8.49. The predicted molar refractivity (Wildman–Crippen MR) is 108 cm³/mol. The first kappa shape index (κ1) is 20.4. The quantitative estimate of drug-likeness (QED) is 0.719. The maximum absolute atomic E-state index is 13.5. The second-order valence-corrected chi connectivity index (χ2v) is 10.2. The van der Waals surface area contributed by atoms with Crippen LogP contribution in [0.1, 0.15) is 46.0 Å². The minimum absolute atomic E-state index is 0.0860. The number of nitrogens with one attached hydrogen (secondary N) is 1. The molecule has 0 aromatic carbocycles. The summed E-state index contributed by atoms with van der Waals surface area (Å²) in [5.74, 6) is 1.85. The fraction of sp³-hybridized carbons (Fsp3) is 0.905. The number of carbonyl (C=O) groups is 2. The topological polar surface area (TPSA) is 61.9 Å². The lowest BCUT2D eigenvalue weighted by Gasteiger charge is -2.50. The van der Waals surface area contributed by atoms with Crippen molar-refractivity contribution in [1.29, 1.82) is 0 Å². The summed E-state index contributed by atoms with van der Waals surface area (Å²) in [6.07, 6.45) is 5.54. The van der Waals surface area contributed by atoms with E-state index in [0.717, 1.165) is 31.7 Å². The first-order chi connectivity index (χ1) is 13.4. The van der Waals surface area contributed by atoms with E-state index in [4.69, 9.17) is 16.3 Å². The molecule has 3 aliphatic heterocycles. The minimum atomic E-state index is -0.364. The third-order valence-corrected chi connectivity index (χ3v) is 7.58. The molecule has 1 saturated carbocycles. The van der Waals surface area contributed by atoms with E-state index < -0.39 is 0 Å². The summed E-state index contributed by atoms with van der Waals surface area (Å²) < 4.78 is 5.40. The molecule has 0 spiro atoms. The van der Waals surface area contributed by atoms with E-state index in [-0.39, 0.29) is 47.8 Å². The Morgan fingerprint density at radius 3 is 2.46 bits per heavy atom. The van der Waals surface area contributed by atoms with Crippen molar-refractivity contribution in [3.8, 4) is 0 Å². The average molecular weight is 412 g/mol. The maximum Gasteiger partial charge on any atom is 0.247 e. The van der Waals surface area contributed by atoms with Gasteiger partial charge in [-0.15, -0.1) is 11.6 Å². The van der Waals surface area contributed by atoms with Gasteiger partial charge in [0.05, 0.1) is 19.4 Å². The molecular weight excluding hydrogens is 378 g/mol. The SMILES string of the molecule is CC1CCC(CN2C(=O)CN(C3NCC(Cl)CC3C)C(=O)[C@H]2C2COC2)CC1. The van der Waals surface area contributed by atoms with Crippen LogP contribution in [0.15, 0.2) is 0 Å². The average Bonchev–Trinajstić information content (AvgIpc) is 2.61. The highest BCUT2D eigenvalue weighted by molar-refractivity contribution is 6.20. The molecule has 28 heavy (non-hydrogen) atoms. The van der Waals surface area contributed by atoms with Crippen LogP contribution in [0.3, 0.4) is 0 Å². The first-order valence-electron chi connectivity index (χ1n) is 11.0. The summed E-state index contributed by atoms with van der Waals surface area (Å²) >= 11 is 6.28. The van der Waals surface area contributed by atoms with Gasteiger partial charge in [0, 0.05) is 24.4 Å². The number of halogens is 1. The number of carbonyl (C=O) groups excluding carboxylic acids is 2. The fourth-order valence-electron chi connectivity index (χ4n) is 5.39. The van der Waals surface area contributed by atoms with Crippen LogP contribution in [0.4, 0.5) is 0 Å². The van der Waals surface area contributed by atoms with Gasteiger partial charge in [-0.05, 0) is 37.0 Å². The van der Waals surface area contributed by atoms with E-state index in [1.54, 1.807) is 4.90 Å². The number of rotatable bonds is 4. The molecule has 4 fully saturated rings. The number of alkyl halides is 1. The molecule has 2 amide bonds. The van der Waals surface area contributed by atoms with Crippen LogP contribution >= 0.6 is 11.6 Å². The van der Waals surface area contributed by atoms with Crippen LogP contribution in [-0.4, -0.2) is 72.0 Å². The number of piperazine rings is 1.